The molecule has 0 aliphatic rings. The Bertz CT molecular complexity index is 329. The van der Waals surface area contributed by atoms with E-state index in [0.29, 0.717) is 19.3 Å². The van der Waals surface area contributed by atoms with Crippen molar-refractivity contribution in [2.75, 3.05) is 6.61 Å². The van der Waals surface area contributed by atoms with E-state index in [1.54, 1.807) is 12.2 Å². The fraction of sp³-hybridized carbons (Fsp3) is 0.429. The van der Waals surface area contributed by atoms with Gasteiger partial charge in [-0.3, -0.25) is 0 Å². The number of esters is 1. The SMILES string of the molecule is C=CCCCOC(=O)/C(=C/C(=O)O)CCCC=C. The van der Waals surface area contributed by atoms with Crippen molar-refractivity contribution < 1.29 is 19.4 Å². The molecule has 1 N–H and O–H groups in total. The maximum atomic E-state index is 11.6. The molecule has 0 aliphatic carbocycles. The lowest BCUT2D eigenvalue weighted by molar-refractivity contribution is -0.140. The molecule has 0 bridgehead atoms. The van der Waals surface area contributed by atoms with Crippen LogP contribution in [0.2, 0.25) is 0 Å². The van der Waals surface area contributed by atoms with E-state index in [0.717, 1.165) is 18.9 Å². The van der Waals surface area contributed by atoms with Crippen LogP contribution in [0.4, 0.5) is 0 Å². The topological polar surface area (TPSA) is 63.6 Å². The number of ether oxygens (including phenoxy) is 1. The monoisotopic (exact) mass is 252 g/mol. The second kappa shape index (κ2) is 10.3. The Kier molecular flexibility index (Phi) is 9.27. The summed E-state index contributed by atoms with van der Waals surface area (Å²) < 4.78 is 4.99. The lowest BCUT2D eigenvalue weighted by atomic mass is 10.1. The molecule has 0 saturated carbocycles. The van der Waals surface area contributed by atoms with Crippen LogP contribution >= 0.6 is 0 Å². The van der Waals surface area contributed by atoms with Crippen LogP contribution in [0.5, 0.6) is 0 Å². The summed E-state index contributed by atoms with van der Waals surface area (Å²) in [6.45, 7) is 7.42. The molecular formula is C14H20O4. The molecule has 0 saturated heterocycles. The molecule has 100 valence electrons. The standard InChI is InChI=1S/C14H20O4/c1-3-5-7-9-12(11-13(15)16)14(17)18-10-8-6-4-2/h3-4,11H,1-2,5-10H2,(H,15,16)/b12-11+. The minimum absolute atomic E-state index is 0.197. The average molecular weight is 252 g/mol. The minimum Gasteiger partial charge on any atom is -0.478 e. The number of unbranched alkanes of at least 4 members (excludes halogenated alkanes) is 2. The van der Waals surface area contributed by atoms with Gasteiger partial charge in [-0.1, -0.05) is 12.2 Å². The Morgan fingerprint density at radius 2 is 1.72 bits per heavy atom. The fourth-order valence-electron chi connectivity index (χ4n) is 1.30. The van der Waals surface area contributed by atoms with Crippen molar-refractivity contribution in [1.82, 2.24) is 0 Å². The highest BCUT2D eigenvalue weighted by atomic mass is 16.5. The van der Waals surface area contributed by atoms with Crippen LogP contribution in [0, 0.1) is 0 Å². The van der Waals surface area contributed by atoms with E-state index >= 15 is 0 Å². The van der Waals surface area contributed by atoms with E-state index in [1.807, 2.05) is 0 Å². The average Bonchev–Trinajstić information content (AvgIpc) is 2.33. The number of carbonyl (C=O) groups excluding carboxylic acids is 1. The van der Waals surface area contributed by atoms with Gasteiger partial charge in [0.2, 0.25) is 0 Å². The lowest BCUT2D eigenvalue weighted by Crippen LogP contribution is -2.11. The Morgan fingerprint density at radius 1 is 1.11 bits per heavy atom. The number of carboxylic acid groups (broad SMARTS) is 1. The van der Waals surface area contributed by atoms with Gasteiger partial charge in [-0.25, -0.2) is 9.59 Å². The summed E-state index contributed by atoms with van der Waals surface area (Å²) in [5.74, 6) is -1.68. The molecule has 0 spiro atoms. The van der Waals surface area contributed by atoms with Crippen molar-refractivity contribution in [2.45, 2.75) is 32.1 Å². The molecule has 4 heteroatoms. The summed E-state index contributed by atoms with van der Waals surface area (Å²) >= 11 is 0. The van der Waals surface area contributed by atoms with Crippen LogP contribution < -0.4 is 0 Å². The summed E-state index contributed by atoms with van der Waals surface area (Å²) in [4.78, 5) is 22.2. The van der Waals surface area contributed by atoms with Crippen LogP contribution in [-0.2, 0) is 14.3 Å². The zero-order valence-corrected chi connectivity index (χ0v) is 10.6. The summed E-state index contributed by atoms with van der Waals surface area (Å²) in [6, 6.07) is 0. The molecule has 0 amide bonds. The molecule has 0 unspecified atom stereocenters. The first-order valence-electron chi connectivity index (χ1n) is 5.94. The maximum Gasteiger partial charge on any atom is 0.334 e. The molecule has 0 aliphatic heterocycles. The van der Waals surface area contributed by atoms with Gasteiger partial charge in [-0.2, -0.15) is 0 Å². The van der Waals surface area contributed by atoms with Crippen molar-refractivity contribution >= 4 is 11.9 Å². The first-order valence-corrected chi connectivity index (χ1v) is 5.94. The summed E-state index contributed by atoms with van der Waals surface area (Å²) in [6.07, 6.45) is 7.66. The Hall–Kier alpha value is -1.84. The van der Waals surface area contributed by atoms with Gasteiger partial charge in [0.05, 0.1) is 6.61 Å². The summed E-state index contributed by atoms with van der Waals surface area (Å²) in [7, 11) is 0. The predicted molar refractivity (Wildman–Crippen MR) is 70.2 cm³/mol. The van der Waals surface area contributed by atoms with Gasteiger partial charge in [0.15, 0.2) is 0 Å². The highest BCUT2D eigenvalue weighted by Gasteiger charge is 2.12. The van der Waals surface area contributed by atoms with Gasteiger partial charge in [0.25, 0.3) is 0 Å². The van der Waals surface area contributed by atoms with E-state index in [2.05, 4.69) is 13.2 Å². The fourth-order valence-corrected chi connectivity index (χ4v) is 1.30. The molecule has 0 aromatic heterocycles. The third-order valence-corrected chi connectivity index (χ3v) is 2.20. The van der Waals surface area contributed by atoms with Crippen LogP contribution in [-0.4, -0.2) is 23.7 Å². The maximum absolute atomic E-state index is 11.6. The molecule has 0 rings (SSSR count). The van der Waals surface area contributed by atoms with Crippen molar-refractivity contribution in [2.24, 2.45) is 0 Å². The highest BCUT2D eigenvalue weighted by Crippen LogP contribution is 2.10. The van der Waals surface area contributed by atoms with Crippen molar-refractivity contribution in [3.8, 4) is 0 Å². The van der Waals surface area contributed by atoms with Crippen LogP contribution in [0.15, 0.2) is 37.0 Å². The number of carboxylic acids is 1. The van der Waals surface area contributed by atoms with Crippen molar-refractivity contribution in [1.29, 1.82) is 0 Å². The van der Waals surface area contributed by atoms with E-state index in [-0.39, 0.29) is 12.2 Å². The largest absolute Gasteiger partial charge is 0.478 e. The Labute approximate surface area is 108 Å². The third kappa shape index (κ3) is 8.33. The van der Waals surface area contributed by atoms with E-state index in [1.165, 1.54) is 0 Å². The van der Waals surface area contributed by atoms with E-state index in [4.69, 9.17) is 9.84 Å². The number of aliphatic carboxylic acids is 1. The molecule has 0 heterocycles. The predicted octanol–water partition coefficient (Wildman–Crippen LogP) is 2.86. The molecule has 18 heavy (non-hydrogen) atoms. The molecule has 0 aromatic carbocycles. The number of carbonyl (C=O) groups is 2. The zero-order valence-electron chi connectivity index (χ0n) is 10.6. The molecule has 4 nitrogen and oxygen atoms in total. The second-order valence-corrected chi connectivity index (χ2v) is 3.76. The third-order valence-electron chi connectivity index (χ3n) is 2.20. The zero-order chi connectivity index (χ0) is 13.8. The molecule has 0 atom stereocenters. The number of hydrogen-bond acceptors (Lipinski definition) is 3. The first kappa shape index (κ1) is 16.2. The van der Waals surface area contributed by atoms with Gasteiger partial charge in [0, 0.05) is 11.6 Å². The van der Waals surface area contributed by atoms with Crippen molar-refractivity contribution in [3.05, 3.63) is 37.0 Å². The highest BCUT2D eigenvalue weighted by molar-refractivity contribution is 5.95. The van der Waals surface area contributed by atoms with E-state index < -0.39 is 11.9 Å². The molecular weight excluding hydrogens is 232 g/mol. The van der Waals surface area contributed by atoms with Crippen molar-refractivity contribution in [3.63, 3.8) is 0 Å². The second-order valence-electron chi connectivity index (χ2n) is 3.76. The Balaban J connectivity index is 4.27. The number of rotatable bonds is 10. The molecule has 0 aromatic rings. The number of hydrogen-bond donors (Lipinski definition) is 1. The normalized spacial score (nSPS) is 10.8. The summed E-state index contributed by atoms with van der Waals surface area (Å²) in [5, 5.41) is 8.68. The smallest absolute Gasteiger partial charge is 0.334 e. The van der Waals surface area contributed by atoms with Crippen LogP contribution in [0.1, 0.15) is 32.1 Å². The minimum atomic E-state index is -1.13. The number of allylic oxidation sites excluding steroid dienone is 2. The van der Waals surface area contributed by atoms with E-state index in [9.17, 15) is 9.59 Å². The van der Waals surface area contributed by atoms with Gasteiger partial charge in [-0.15, -0.1) is 13.2 Å². The molecule has 0 fully saturated rings. The quantitative estimate of drug-likeness (QED) is 0.281. The van der Waals surface area contributed by atoms with Crippen LogP contribution in [0.25, 0.3) is 0 Å². The summed E-state index contributed by atoms with van der Waals surface area (Å²) in [5.41, 5.74) is 0.197. The Morgan fingerprint density at radius 3 is 2.28 bits per heavy atom. The van der Waals surface area contributed by atoms with Gasteiger partial charge in [-0.05, 0) is 32.1 Å². The van der Waals surface area contributed by atoms with Crippen LogP contribution in [0.3, 0.4) is 0 Å². The van der Waals surface area contributed by atoms with Gasteiger partial charge in [0.1, 0.15) is 0 Å². The van der Waals surface area contributed by atoms with Gasteiger partial charge < -0.3 is 9.84 Å². The molecule has 0 radical (unpaired) electrons. The first-order chi connectivity index (χ1) is 8.61. The van der Waals surface area contributed by atoms with Gasteiger partial charge >= 0.3 is 11.9 Å². The lowest BCUT2D eigenvalue weighted by Gasteiger charge is -2.06.